The van der Waals surface area contributed by atoms with Crippen LogP contribution in [0.3, 0.4) is 0 Å². The molecule has 0 aromatic carbocycles. The van der Waals surface area contributed by atoms with E-state index in [0.717, 1.165) is 0 Å². The average Bonchev–Trinajstić information content (AvgIpc) is 2.22. The Morgan fingerprint density at radius 2 is 1.93 bits per heavy atom. The minimum atomic E-state index is -1.10. The number of methoxy groups -OCH3 is 1. The van der Waals surface area contributed by atoms with Crippen LogP contribution < -0.4 is 0 Å². The van der Waals surface area contributed by atoms with Gasteiger partial charge in [0.15, 0.2) is 0 Å². The summed E-state index contributed by atoms with van der Waals surface area (Å²) < 4.78 is 5.00. The molecule has 5 nitrogen and oxygen atoms in total. The Morgan fingerprint density at radius 3 is 2.36 bits per heavy atom. The second-order valence-corrected chi connectivity index (χ2v) is 2.59. The summed E-state index contributed by atoms with van der Waals surface area (Å²) in [6.45, 7) is 0. The highest BCUT2D eigenvalue weighted by molar-refractivity contribution is 5.41. The molecular formula is C9H8N2O3. The van der Waals surface area contributed by atoms with Gasteiger partial charge >= 0.3 is 0 Å². The topological polar surface area (TPSA) is 68.1 Å². The van der Waals surface area contributed by atoms with Crippen LogP contribution in [0.5, 0.6) is 0 Å². The van der Waals surface area contributed by atoms with Crippen LogP contribution in [0.15, 0.2) is 34.3 Å². The number of aliphatic imine (C=N–C) groups is 2. The summed E-state index contributed by atoms with van der Waals surface area (Å²) in [7, 11) is 1.42. The summed E-state index contributed by atoms with van der Waals surface area (Å²) in [5, 5.41) is 0. The smallest absolute Gasteiger partial charge is 0.238 e. The van der Waals surface area contributed by atoms with Gasteiger partial charge in [0.05, 0.1) is 6.04 Å². The first-order chi connectivity index (χ1) is 6.76. The van der Waals surface area contributed by atoms with E-state index in [2.05, 4.69) is 9.98 Å². The van der Waals surface area contributed by atoms with E-state index in [4.69, 9.17) is 4.74 Å². The third-order valence-electron chi connectivity index (χ3n) is 1.81. The quantitative estimate of drug-likeness (QED) is 0.371. The molecule has 0 amide bonds. The van der Waals surface area contributed by atoms with Crippen LogP contribution in [-0.2, 0) is 14.3 Å². The van der Waals surface area contributed by atoms with E-state index in [0.29, 0.717) is 0 Å². The average molecular weight is 192 g/mol. The molecule has 72 valence electrons. The van der Waals surface area contributed by atoms with Crippen molar-refractivity contribution < 1.29 is 14.3 Å². The first-order valence-electron chi connectivity index (χ1n) is 3.86. The Balaban J connectivity index is 2.90. The van der Waals surface area contributed by atoms with Crippen molar-refractivity contribution in [1.82, 2.24) is 0 Å². The van der Waals surface area contributed by atoms with Gasteiger partial charge in [-0.1, -0.05) is 12.2 Å². The van der Waals surface area contributed by atoms with Crippen molar-refractivity contribution in [3.05, 3.63) is 24.3 Å². The number of hydrogen-bond donors (Lipinski definition) is 0. The summed E-state index contributed by atoms with van der Waals surface area (Å²) >= 11 is 0. The van der Waals surface area contributed by atoms with Gasteiger partial charge in [0.25, 0.3) is 0 Å². The summed E-state index contributed by atoms with van der Waals surface area (Å²) in [5.74, 6) is 0. The van der Waals surface area contributed by atoms with Gasteiger partial charge in [-0.2, -0.15) is 9.98 Å². The SMILES string of the molecule is COC1(N=C=O)C=CC(N=C=O)C=C1. The van der Waals surface area contributed by atoms with Crippen molar-refractivity contribution in [2.24, 2.45) is 9.98 Å². The number of ether oxygens (including phenoxy) is 1. The highest BCUT2D eigenvalue weighted by atomic mass is 16.5. The van der Waals surface area contributed by atoms with Gasteiger partial charge in [0, 0.05) is 7.11 Å². The summed E-state index contributed by atoms with van der Waals surface area (Å²) in [5.41, 5.74) is -1.10. The number of rotatable bonds is 3. The number of nitrogens with zero attached hydrogens (tertiary/aromatic N) is 2. The lowest BCUT2D eigenvalue weighted by molar-refractivity contribution is 0.0806. The molecule has 0 aromatic heterocycles. The lowest BCUT2D eigenvalue weighted by Gasteiger charge is -2.22. The van der Waals surface area contributed by atoms with E-state index >= 15 is 0 Å². The summed E-state index contributed by atoms with van der Waals surface area (Å²) in [6.07, 6.45) is 9.10. The normalized spacial score (nSPS) is 29.1. The Bertz CT molecular complexity index is 346. The van der Waals surface area contributed by atoms with Crippen LogP contribution in [0, 0.1) is 0 Å². The number of carbonyl (C=O) groups excluding carboxylic acids is 2. The van der Waals surface area contributed by atoms with Gasteiger partial charge < -0.3 is 4.74 Å². The molecule has 0 N–H and O–H groups in total. The molecule has 1 aliphatic rings. The molecule has 0 spiro atoms. The Labute approximate surface area is 80.5 Å². The third-order valence-corrected chi connectivity index (χ3v) is 1.81. The molecule has 0 bridgehead atoms. The van der Waals surface area contributed by atoms with Crippen LogP contribution in [0.25, 0.3) is 0 Å². The predicted molar refractivity (Wildman–Crippen MR) is 48.1 cm³/mol. The first-order valence-corrected chi connectivity index (χ1v) is 3.86. The fourth-order valence-electron chi connectivity index (χ4n) is 1.07. The fourth-order valence-corrected chi connectivity index (χ4v) is 1.07. The lowest BCUT2D eigenvalue weighted by atomic mass is 10.0. The maximum Gasteiger partial charge on any atom is 0.238 e. The second-order valence-electron chi connectivity index (χ2n) is 2.59. The molecule has 5 heteroatoms. The van der Waals surface area contributed by atoms with Crippen LogP contribution in [-0.4, -0.2) is 31.0 Å². The van der Waals surface area contributed by atoms with E-state index in [9.17, 15) is 9.59 Å². The van der Waals surface area contributed by atoms with Crippen molar-refractivity contribution in [3.8, 4) is 0 Å². The van der Waals surface area contributed by atoms with Gasteiger partial charge in [-0.25, -0.2) is 9.59 Å². The Kier molecular flexibility index (Phi) is 3.26. The molecule has 0 aromatic rings. The van der Waals surface area contributed by atoms with Gasteiger partial charge in [-0.05, 0) is 12.2 Å². The molecule has 1 rings (SSSR count). The fraction of sp³-hybridized carbons (Fsp3) is 0.333. The third kappa shape index (κ3) is 2.12. The molecule has 0 atom stereocenters. The highest BCUT2D eigenvalue weighted by Gasteiger charge is 2.25. The van der Waals surface area contributed by atoms with Gasteiger partial charge in [-0.3, -0.25) is 0 Å². The molecule has 0 saturated heterocycles. The molecule has 14 heavy (non-hydrogen) atoms. The van der Waals surface area contributed by atoms with Gasteiger partial charge in [0.1, 0.15) is 0 Å². The van der Waals surface area contributed by atoms with E-state index in [1.807, 2.05) is 0 Å². The number of isocyanates is 2. The van der Waals surface area contributed by atoms with Crippen LogP contribution >= 0.6 is 0 Å². The van der Waals surface area contributed by atoms with Crippen molar-refractivity contribution in [3.63, 3.8) is 0 Å². The molecule has 0 aliphatic heterocycles. The minimum absolute atomic E-state index is 0.363. The zero-order valence-electron chi connectivity index (χ0n) is 7.51. The van der Waals surface area contributed by atoms with Crippen molar-refractivity contribution in [2.75, 3.05) is 7.11 Å². The van der Waals surface area contributed by atoms with E-state index in [1.165, 1.54) is 31.4 Å². The Morgan fingerprint density at radius 1 is 1.29 bits per heavy atom. The van der Waals surface area contributed by atoms with E-state index < -0.39 is 5.72 Å². The molecule has 0 saturated carbocycles. The maximum atomic E-state index is 10.1. The van der Waals surface area contributed by atoms with Crippen LogP contribution in [0.4, 0.5) is 0 Å². The zero-order chi connectivity index (χ0) is 10.4. The van der Waals surface area contributed by atoms with Crippen molar-refractivity contribution in [1.29, 1.82) is 0 Å². The van der Waals surface area contributed by atoms with Gasteiger partial charge in [0.2, 0.25) is 17.9 Å². The maximum absolute atomic E-state index is 10.1. The highest BCUT2D eigenvalue weighted by Crippen LogP contribution is 2.21. The largest absolute Gasteiger partial charge is 0.350 e. The van der Waals surface area contributed by atoms with Crippen LogP contribution in [0.1, 0.15) is 0 Å². The Hall–Kier alpha value is -1.80. The second kappa shape index (κ2) is 4.44. The zero-order valence-corrected chi connectivity index (χ0v) is 7.51. The van der Waals surface area contributed by atoms with Crippen LogP contribution in [0.2, 0.25) is 0 Å². The molecule has 0 fully saturated rings. The minimum Gasteiger partial charge on any atom is -0.350 e. The van der Waals surface area contributed by atoms with E-state index in [-0.39, 0.29) is 6.04 Å². The monoisotopic (exact) mass is 192 g/mol. The number of hydrogen-bond acceptors (Lipinski definition) is 5. The van der Waals surface area contributed by atoms with Gasteiger partial charge in [-0.15, -0.1) is 0 Å². The molecule has 0 radical (unpaired) electrons. The summed E-state index contributed by atoms with van der Waals surface area (Å²) in [4.78, 5) is 27.0. The summed E-state index contributed by atoms with van der Waals surface area (Å²) in [6, 6.07) is -0.363. The lowest BCUT2D eigenvalue weighted by Crippen LogP contribution is -2.26. The molecule has 0 heterocycles. The van der Waals surface area contributed by atoms with E-state index in [1.54, 1.807) is 12.2 Å². The van der Waals surface area contributed by atoms with Crippen molar-refractivity contribution >= 4 is 12.2 Å². The molecule has 0 unspecified atom stereocenters. The first kappa shape index (κ1) is 10.3. The predicted octanol–water partition coefficient (Wildman–Crippen LogP) is 0.495. The molecular weight excluding hydrogens is 184 g/mol. The standard InChI is InChI=1S/C9H8N2O3/c1-14-9(11-7-13)4-2-8(3-5-9)10-6-12/h2-5,8H,1H3. The molecule has 1 aliphatic carbocycles. The van der Waals surface area contributed by atoms with Crippen molar-refractivity contribution in [2.45, 2.75) is 11.8 Å².